The lowest BCUT2D eigenvalue weighted by atomic mass is 10.3. The third-order valence-corrected chi connectivity index (χ3v) is 3.22. The summed E-state index contributed by atoms with van der Waals surface area (Å²) in [5, 5.41) is 15.2. The van der Waals surface area contributed by atoms with Gasteiger partial charge in [-0.15, -0.1) is 10.2 Å². The average molecular weight is 301 g/mol. The lowest BCUT2D eigenvalue weighted by Crippen LogP contribution is -2.13. The highest BCUT2D eigenvalue weighted by molar-refractivity contribution is 5.88. The summed E-state index contributed by atoms with van der Waals surface area (Å²) in [6.07, 6.45) is 3.37. The number of nitrogens with one attached hydrogen (secondary N) is 1. The Labute approximate surface area is 125 Å². The van der Waals surface area contributed by atoms with Gasteiger partial charge in [0.15, 0.2) is 17.2 Å². The molecule has 9 heteroatoms. The first kappa shape index (κ1) is 14.0. The highest BCUT2D eigenvalue weighted by Gasteiger charge is 2.14. The molecule has 3 aromatic heterocycles. The molecule has 0 bridgehead atoms. The molecule has 3 heterocycles. The molecule has 1 atom stereocenters. The van der Waals surface area contributed by atoms with Gasteiger partial charge in [0.2, 0.25) is 0 Å². The SMILES string of the molecule is COC(=O)c1cc2nc(NC(C)c3nncn3C)ccn2n1. The number of fused-ring (bicyclic) bond motifs is 1. The van der Waals surface area contributed by atoms with Crippen molar-refractivity contribution in [2.24, 2.45) is 7.05 Å². The molecular weight excluding hydrogens is 286 g/mol. The summed E-state index contributed by atoms with van der Waals surface area (Å²) in [5.74, 6) is 0.956. The third kappa shape index (κ3) is 2.48. The van der Waals surface area contributed by atoms with Gasteiger partial charge in [0.25, 0.3) is 0 Å². The van der Waals surface area contributed by atoms with Crippen molar-refractivity contribution in [2.45, 2.75) is 13.0 Å². The van der Waals surface area contributed by atoms with Crippen molar-refractivity contribution in [1.29, 1.82) is 0 Å². The number of rotatable bonds is 4. The second kappa shape index (κ2) is 5.43. The summed E-state index contributed by atoms with van der Waals surface area (Å²) in [6, 6.07) is 3.28. The molecule has 0 radical (unpaired) electrons. The van der Waals surface area contributed by atoms with Crippen LogP contribution in [0.3, 0.4) is 0 Å². The van der Waals surface area contributed by atoms with Gasteiger partial charge in [-0.25, -0.2) is 14.3 Å². The molecule has 0 amide bonds. The largest absolute Gasteiger partial charge is 0.464 e. The maximum Gasteiger partial charge on any atom is 0.358 e. The lowest BCUT2D eigenvalue weighted by molar-refractivity contribution is 0.0593. The van der Waals surface area contributed by atoms with Crippen LogP contribution in [0, 0.1) is 0 Å². The van der Waals surface area contributed by atoms with E-state index in [1.807, 2.05) is 18.5 Å². The van der Waals surface area contributed by atoms with E-state index in [4.69, 9.17) is 0 Å². The van der Waals surface area contributed by atoms with E-state index in [1.54, 1.807) is 24.7 Å². The number of carbonyl (C=O) groups is 1. The van der Waals surface area contributed by atoms with Crippen LogP contribution in [0.15, 0.2) is 24.7 Å². The van der Waals surface area contributed by atoms with Gasteiger partial charge in [-0.2, -0.15) is 5.10 Å². The Morgan fingerprint density at radius 2 is 2.27 bits per heavy atom. The molecular formula is C13H15N7O2. The summed E-state index contributed by atoms with van der Waals surface area (Å²) >= 11 is 0. The summed E-state index contributed by atoms with van der Waals surface area (Å²) in [4.78, 5) is 15.9. The van der Waals surface area contributed by atoms with Crippen molar-refractivity contribution in [3.8, 4) is 0 Å². The fourth-order valence-electron chi connectivity index (χ4n) is 2.13. The standard InChI is InChI=1S/C13H15N7O2/c1-8(12-17-14-7-19(12)2)15-10-4-5-20-11(16-10)6-9(18-20)13(21)22-3/h4-8H,1-3H3,(H,15,16). The number of ether oxygens (including phenoxy) is 1. The molecule has 3 rings (SSSR count). The summed E-state index contributed by atoms with van der Waals surface area (Å²) < 4.78 is 8.00. The van der Waals surface area contributed by atoms with Crippen molar-refractivity contribution in [3.05, 3.63) is 36.2 Å². The van der Waals surface area contributed by atoms with Gasteiger partial charge in [-0.05, 0) is 13.0 Å². The van der Waals surface area contributed by atoms with E-state index in [0.29, 0.717) is 11.5 Å². The molecule has 0 aromatic carbocycles. The van der Waals surface area contributed by atoms with Crippen molar-refractivity contribution in [1.82, 2.24) is 29.4 Å². The quantitative estimate of drug-likeness (QED) is 0.712. The van der Waals surface area contributed by atoms with E-state index in [1.165, 1.54) is 11.6 Å². The molecule has 1 unspecified atom stereocenters. The van der Waals surface area contributed by atoms with Gasteiger partial charge < -0.3 is 14.6 Å². The Kier molecular flexibility index (Phi) is 3.45. The Morgan fingerprint density at radius 3 is 2.95 bits per heavy atom. The normalized spacial score (nSPS) is 12.3. The number of anilines is 1. The summed E-state index contributed by atoms with van der Waals surface area (Å²) in [5.41, 5.74) is 0.768. The molecule has 114 valence electrons. The van der Waals surface area contributed by atoms with Gasteiger partial charge in [-0.3, -0.25) is 0 Å². The zero-order chi connectivity index (χ0) is 15.7. The van der Waals surface area contributed by atoms with E-state index in [2.05, 4.69) is 30.3 Å². The third-order valence-electron chi connectivity index (χ3n) is 3.22. The predicted molar refractivity (Wildman–Crippen MR) is 77.4 cm³/mol. The first-order valence-corrected chi connectivity index (χ1v) is 6.63. The van der Waals surface area contributed by atoms with Crippen molar-refractivity contribution < 1.29 is 9.53 Å². The maximum absolute atomic E-state index is 11.5. The molecule has 3 aromatic rings. The topological polar surface area (TPSA) is 99.2 Å². The Hall–Kier alpha value is -2.97. The van der Waals surface area contributed by atoms with Gasteiger partial charge in [0.05, 0.1) is 13.2 Å². The number of aromatic nitrogens is 6. The smallest absolute Gasteiger partial charge is 0.358 e. The van der Waals surface area contributed by atoms with Crippen molar-refractivity contribution in [2.75, 3.05) is 12.4 Å². The minimum Gasteiger partial charge on any atom is -0.464 e. The van der Waals surface area contributed by atoms with E-state index in [9.17, 15) is 4.79 Å². The first-order chi connectivity index (χ1) is 10.6. The van der Waals surface area contributed by atoms with Crippen LogP contribution in [0.5, 0.6) is 0 Å². The van der Waals surface area contributed by atoms with Crippen molar-refractivity contribution in [3.63, 3.8) is 0 Å². The van der Waals surface area contributed by atoms with Gasteiger partial charge in [0, 0.05) is 19.3 Å². The van der Waals surface area contributed by atoms with Crippen LogP contribution in [0.2, 0.25) is 0 Å². The Bertz CT molecular complexity index is 823. The van der Waals surface area contributed by atoms with Crippen LogP contribution in [0.1, 0.15) is 29.3 Å². The van der Waals surface area contributed by atoms with E-state index < -0.39 is 5.97 Å². The zero-order valence-electron chi connectivity index (χ0n) is 12.4. The zero-order valence-corrected chi connectivity index (χ0v) is 12.4. The number of esters is 1. The van der Waals surface area contributed by atoms with Crippen LogP contribution >= 0.6 is 0 Å². The minimum atomic E-state index is -0.493. The van der Waals surface area contributed by atoms with E-state index in [-0.39, 0.29) is 11.7 Å². The van der Waals surface area contributed by atoms with Crippen LogP contribution in [-0.4, -0.2) is 42.4 Å². The molecule has 1 N–H and O–H groups in total. The van der Waals surface area contributed by atoms with E-state index >= 15 is 0 Å². The average Bonchev–Trinajstić information content (AvgIpc) is 3.11. The second-order valence-corrected chi connectivity index (χ2v) is 4.80. The van der Waals surface area contributed by atoms with Crippen LogP contribution in [0.25, 0.3) is 5.65 Å². The lowest BCUT2D eigenvalue weighted by Gasteiger charge is -2.13. The van der Waals surface area contributed by atoms with Gasteiger partial charge >= 0.3 is 5.97 Å². The fourth-order valence-corrected chi connectivity index (χ4v) is 2.13. The molecule has 0 spiro atoms. The first-order valence-electron chi connectivity index (χ1n) is 6.63. The molecule has 0 saturated carbocycles. The number of nitrogens with zero attached hydrogens (tertiary/aromatic N) is 6. The van der Waals surface area contributed by atoms with Crippen LogP contribution < -0.4 is 5.32 Å². The molecule has 22 heavy (non-hydrogen) atoms. The minimum absolute atomic E-state index is 0.0644. The number of carbonyl (C=O) groups excluding carboxylic acids is 1. The van der Waals surface area contributed by atoms with E-state index in [0.717, 1.165) is 5.82 Å². The molecule has 0 aliphatic rings. The van der Waals surface area contributed by atoms with Gasteiger partial charge in [0.1, 0.15) is 12.1 Å². The number of hydrogen-bond acceptors (Lipinski definition) is 7. The number of hydrogen-bond donors (Lipinski definition) is 1. The summed E-state index contributed by atoms with van der Waals surface area (Å²) in [6.45, 7) is 1.96. The molecule has 9 nitrogen and oxygen atoms in total. The van der Waals surface area contributed by atoms with Crippen LogP contribution in [-0.2, 0) is 11.8 Å². The fraction of sp³-hybridized carbons (Fsp3) is 0.308. The number of methoxy groups -OCH3 is 1. The molecule has 0 aliphatic carbocycles. The predicted octanol–water partition coefficient (Wildman–Crippen LogP) is 0.817. The highest BCUT2D eigenvalue weighted by Crippen LogP contribution is 2.16. The number of aryl methyl sites for hydroxylation is 1. The highest BCUT2D eigenvalue weighted by atomic mass is 16.5. The molecule has 0 aliphatic heterocycles. The molecule has 0 fully saturated rings. The van der Waals surface area contributed by atoms with Crippen molar-refractivity contribution >= 4 is 17.4 Å². The Balaban J connectivity index is 1.85. The maximum atomic E-state index is 11.5. The summed E-state index contributed by atoms with van der Waals surface area (Å²) in [7, 11) is 3.19. The monoisotopic (exact) mass is 301 g/mol. The van der Waals surface area contributed by atoms with Gasteiger partial charge in [-0.1, -0.05) is 0 Å². The second-order valence-electron chi connectivity index (χ2n) is 4.80. The van der Waals surface area contributed by atoms with Crippen LogP contribution in [0.4, 0.5) is 5.82 Å². The molecule has 0 saturated heterocycles. The Morgan fingerprint density at radius 1 is 1.45 bits per heavy atom.